The Balaban J connectivity index is 5.26. The number of aliphatic hydroxyl groups excluding tert-OH is 1. The Bertz CT molecular complexity index is 2030. The van der Waals surface area contributed by atoms with Gasteiger partial charge in [0.25, 0.3) is 0 Å². The average Bonchev–Trinajstić information content (AvgIpc) is 0.906. The van der Waals surface area contributed by atoms with Gasteiger partial charge in [0.15, 0.2) is 12.2 Å². The summed E-state index contributed by atoms with van der Waals surface area (Å²) in [5.74, 6) is 0.285. The van der Waals surface area contributed by atoms with Crippen LogP contribution in [0, 0.1) is 17.8 Å². The van der Waals surface area contributed by atoms with Crippen molar-refractivity contribution in [3.63, 3.8) is 0 Å². The molecule has 0 radical (unpaired) electrons. The molecule has 0 bridgehead atoms. The van der Waals surface area contributed by atoms with E-state index in [0.29, 0.717) is 25.7 Å². The van der Waals surface area contributed by atoms with Crippen LogP contribution < -0.4 is 0 Å². The highest BCUT2D eigenvalue weighted by atomic mass is 31.2. The van der Waals surface area contributed by atoms with E-state index < -0.39 is 97.5 Å². The Labute approximate surface area is 645 Å². The lowest BCUT2D eigenvalue weighted by Crippen LogP contribution is -2.30. The lowest BCUT2D eigenvalue weighted by molar-refractivity contribution is -0.161. The van der Waals surface area contributed by atoms with E-state index in [1.54, 1.807) is 0 Å². The predicted molar refractivity (Wildman–Crippen MR) is 432 cm³/mol. The van der Waals surface area contributed by atoms with Crippen molar-refractivity contribution >= 4 is 39.5 Å². The minimum Gasteiger partial charge on any atom is -0.462 e. The number of unbranched alkanes of at least 4 members (excludes halogenated alkanes) is 52. The molecule has 0 aliphatic rings. The van der Waals surface area contributed by atoms with Crippen molar-refractivity contribution in [2.24, 2.45) is 17.8 Å². The maximum absolute atomic E-state index is 13.2. The SMILES string of the molecule is CCCCCCCCCCCCCCCC(=O)OC[C@H](COP(=O)(O)OC[C@H](O)COP(=O)(O)OC[C@@H](COC(=O)CCCCCCCCCCCCCCCCCCC(C)C)OC(=O)CCCCCCCCCCCCCCCCCCC(C)C)OC(=O)CCCCCCCCCCCCCC(C)C. The van der Waals surface area contributed by atoms with Crippen LogP contribution in [0.5, 0.6) is 0 Å². The van der Waals surface area contributed by atoms with Crippen LogP contribution in [-0.4, -0.2) is 96.7 Å². The first-order chi connectivity index (χ1) is 50.7. The standard InChI is InChI=1S/C86H168O17P2/c1-8-9-10-11-12-13-14-23-32-39-46-53-60-67-83(88)96-74-82(103-86(91)70-63-56-49-42-35-28-31-38-45-52-59-66-79(6)7)76-101-105(94,95)99-72-80(87)71-98-104(92,93)100-75-81(102-85(90)69-62-55-48-41-34-27-22-18-16-20-25-30-37-44-51-58-65-78(4)5)73-97-84(89)68-61-54-47-40-33-26-21-17-15-19-24-29-36-43-50-57-64-77(2)3/h77-82,87H,8-76H2,1-7H3,(H,92,93)(H,94,95)/t80-,81-,82-/m1/s1. The summed E-state index contributed by atoms with van der Waals surface area (Å²) >= 11 is 0. The Morgan fingerprint density at radius 2 is 0.438 bits per heavy atom. The van der Waals surface area contributed by atoms with E-state index >= 15 is 0 Å². The van der Waals surface area contributed by atoms with Crippen molar-refractivity contribution in [1.29, 1.82) is 0 Å². The molecule has 105 heavy (non-hydrogen) atoms. The van der Waals surface area contributed by atoms with Gasteiger partial charge in [0, 0.05) is 25.7 Å². The normalized spacial score (nSPS) is 13.9. The van der Waals surface area contributed by atoms with Gasteiger partial charge in [-0.1, -0.05) is 402 Å². The van der Waals surface area contributed by atoms with Crippen molar-refractivity contribution in [2.45, 2.75) is 471 Å². The molecule has 0 aliphatic heterocycles. The molecule has 0 aromatic rings. The third kappa shape index (κ3) is 79.9. The summed E-state index contributed by atoms with van der Waals surface area (Å²) in [6, 6.07) is 0. The molecular formula is C86H168O17P2. The minimum absolute atomic E-state index is 0.107. The average molecular weight is 1540 g/mol. The first-order valence-corrected chi connectivity index (χ1v) is 47.3. The van der Waals surface area contributed by atoms with Crippen LogP contribution in [0.2, 0.25) is 0 Å². The van der Waals surface area contributed by atoms with E-state index in [-0.39, 0.29) is 25.7 Å². The molecule has 0 saturated carbocycles. The summed E-state index contributed by atoms with van der Waals surface area (Å²) in [5, 5.41) is 10.7. The largest absolute Gasteiger partial charge is 0.472 e. The summed E-state index contributed by atoms with van der Waals surface area (Å²) in [4.78, 5) is 73.3. The van der Waals surface area contributed by atoms with Crippen LogP contribution in [0.15, 0.2) is 0 Å². The maximum Gasteiger partial charge on any atom is 0.472 e. The topological polar surface area (TPSA) is 237 Å². The molecule has 0 aliphatic carbocycles. The Morgan fingerprint density at radius 3 is 0.648 bits per heavy atom. The van der Waals surface area contributed by atoms with Gasteiger partial charge in [-0.05, 0) is 43.4 Å². The zero-order valence-corrected chi connectivity index (χ0v) is 71.0. The molecule has 0 amide bonds. The van der Waals surface area contributed by atoms with Gasteiger partial charge in [0.1, 0.15) is 19.3 Å². The number of phosphoric ester groups is 2. The molecular weight excluding hydrogens is 1370 g/mol. The molecule has 3 N–H and O–H groups in total. The van der Waals surface area contributed by atoms with Gasteiger partial charge in [-0.3, -0.25) is 37.3 Å². The summed E-state index contributed by atoms with van der Waals surface area (Å²) in [6.07, 6.45) is 66.5. The molecule has 0 fully saturated rings. The molecule has 17 nitrogen and oxygen atoms in total. The minimum atomic E-state index is -4.97. The molecule has 0 aromatic carbocycles. The van der Waals surface area contributed by atoms with E-state index in [2.05, 4.69) is 48.5 Å². The quantitative estimate of drug-likeness (QED) is 0.0222. The molecule has 624 valence electrons. The van der Waals surface area contributed by atoms with E-state index in [9.17, 15) is 43.2 Å². The number of phosphoric acid groups is 2. The zero-order valence-electron chi connectivity index (χ0n) is 69.2. The van der Waals surface area contributed by atoms with Crippen molar-refractivity contribution in [3.8, 4) is 0 Å². The number of carbonyl (C=O) groups excluding carboxylic acids is 4. The second-order valence-corrected chi connectivity index (χ2v) is 35.3. The Kier molecular flexibility index (Phi) is 74.7. The van der Waals surface area contributed by atoms with Gasteiger partial charge in [0.2, 0.25) is 0 Å². The van der Waals surface area contributed by atoms with Gasteiger partial charge in [-0.15, -0.1) is 0 Å². The third-order valence-electron chi connectivity index (χ3n) is 20.1. The summed E-state index contributed by atoms with van der Waals surface area (Å²) in [5.41, 5.74) is 0. The van der Waals surface area contributed by atoms with E-state index in [0.717, 1.165) is 108 Å². The van der Waals surface area contributed by atoms with Crippen LogP contribution in [0.4, 0.5) is 0 Å². The molecule has 0 spiro atoms. The van der Waals surface area contributed by atoms with E-state index in [1.807, 2.05) is 0 Å². The van der Waals surface area contributed by atoms with Crippen molar-refractivity contribution in [1.82, 2.24) is 0 Å². The van der Waals surface area contributed by atoms with E-state index in [4.69, 9.17) is 37.0 Å². The van der Waals surface area contributed by atoms with Crippen LogP contribution in [-0.2, 0) is 65.4 Å². The first kappa shape index (κ1) is 103. The fourth-order valence-electron chi connectivity index (χ4n) is 13.4. The number of hydrogen-bond donors (Lipinski definition) is 3. The second-order valence-electron chi connectivity index (χ2n) is 32.4. The van der Waals surface area contributed by atoms with Crippen molar-refractivity contribution < 1.29 is 80.2 Å². The van der Waals surface area contributed by atoms with Gasteiger partial charge in [-0.2, -0.15) is 0 Å². The van der Waals surface area contributed by atoms with Crippen LogP contribution in [0.1, 0.15) is 453 Å². The molecule has 19 heteroatoms. The second kappa shape index (κ2) is 76.1. The summed E-state index contributed by atoms with van der Waals surface area (Å²) in [7, 11) is -9.93. The lowest BCUT2D eigenvalue weighted by atomic mass is 10.0. The highest BCUT2D eigenvalue weighted by molar-refractivity contribution is 7.47. The number of esters is 4. The van der Waals surface area contributed by atoms with Crippen molar-refractivity contribution in [3.05, 3.63) is 0 Å². The zero-order chi connectivity index (χ0) is 77.2. The highest BCUT2D eigenvalue weighted by Gasteiger charge is 2.30. The predicted octanol–water partition coefficient (Wildman–Crippen LogP) is 26.1. The third-order valence-corrected chi connectivity index (χ3v) is 22.0. The number of ether oxygens (including phenoxy) is 4. The van der Waals surface area contributed by atoms with E-state index in [1.165, 1.54) is 263 Å². The van der Waals surface area contributed by atoms with Crippen LogP contribution in [0.25, 0.3) is 0 Å². The first-order valence-electron chi connectivity index (χ1n) is 44.3. The van der Waals surface area contributed by atoms with Crippen LogP contribution in [0.3, 0.4) is 0 Å². The molecule has 5 atom stereocenters. The molecule has 0 heterocycles. The summed E-state index contributed by atoms with van der Waals surface area (Å²) < 4.78 is 68.9. The molecule has 0 saturated heterocycles. The Morgan fingerprint density at radius 1 is 0.257 bits per heavy atom. The number of hydrogen-bond acceptors (Lipinski definition) is 15. The monoisotopic (exact) mass is 1540 g/mol. The smallest absolute Gasteiger partial charge is 0.462 e. The fourth-order valence-corrected chi connectivity index (χ4v) is 14.9. The highest BCUT2D eigenvalue weighted by Crippen LogP contribution is 2.45. The number of aliphatic hydroxyl groups is 1. The fraction of sp³-hybridized carbons (Fsp3) is 0.953. The summed E-state index contributed by atoms with van der Waals surface area (Å²) in [6.45, 7) is 12.0. The van der Waals surface area contributed by atoms with Gasteiger partial charge >= 0.3 is 39.5 Å². The van der Waals surface area contributed by atoms with Crippen molar-refractivity contribution in [2.75, 3.05) is 39.6 Å². The van der Waals surface area contributed by atoms with Crippen LogP contribution >= 0.6 is 15.6 Å². The number of carbonyl (C=O) groups is 4. The maximum atomic E-state index is 13.2. The van der Waals surface area contributed by atoms with Gasteiger partial charge in [0.05, 0.1) is 26.4 Å². The molecule has 2 unspecified atom stereocenters. The molecule has 0 rings (SSSR count). The molecule has 0 aromatic heterocycles. The lowest BCUT2D eigenvalue weighted by Gasteiger charge is -2.21. The number of rotatable bonds is 84. The van der Waals surface area contributed by atoms with Gasteiger partial charge < -0.3 is 33.8 Å². The Hall–Kier alpha value is -1.94. The van der Waals surface area contributed by atoms with Gasteiger partial charge in [-0.25, -0.2) is 9.13 Å².